The first kappa shape index (κ1) is 10.7. The summed E-state index contributed by atoms with van der Waals surface area (Å²) in [7, 11) is 0. The number of hydrogen-bond acceptors (Lipinski definition) is 3. The van der Waals surface area contributed by atoms with E-state index >= 15 is 0 Å². The molecular weight excluding hydrogens is 200 g/mol. The number of hydrogen-bond donors (Lipinski definition) is 1. The molecule has 1 aromatic heterocycles. The fourth-order valence-electron chi connectivity index (χ4n) is 1.55. The second-order valence-corrected chi connectivity index (χ2v) is 3.73. The predicted octanol–water partition coefficient (Wildman–Crippen LogP) is 3.55. The van der Waals surface area contributed by atoms with Crippen LogP contribution in [0.15, 0.2) is 41.3 Å². The molecule has 0 aliphatic rings. The number of benzene rings is 1. The second kappa shape index (κ2) is 5.35. The van der Waals surface area contributed by atoms with E-state index in [-0.39, 0.29) is 0 Å². The van der Waals surface area contributed by atoms with Crippen molar-refractivity contribution in [2.45, 2.75) is 19.8 Å². The quantitative estimate of drug-likeness (QED) is 0.777. The number of unbranched alkanes of at least 4 members (excludes halogenated alkanes) is 1. The van der Waals surface area contributed by atoms with Gasteiger partial charge < -0.3 is 9.73 Å². The first-order chi connectivity index (χ1) is 7.90. The molecule has 0 aliphatic heterocycles. The molecule has 2 aromatic rings. The van der Waals surface area contributed by atoms with Gasteiger partial charge in [0.1, 0.15) is 0 Å². The lowest BCUT2D eigenvalue weighted by Gasteiger charge is -2.06. The van der Waals surface area contributed by atoms with Gasteiger partial charge in [-0.25, -0.2) is 4.98 Å². The van der Waals surface area contributed by atoms with Gasteiger partial charge in [-0.05, 0) is 18.6 Å². The summed E-state index contributed by atoms with van der Waals surface area (Å²) in [5, 5.41) is 3.39. The molecule has 0 spiro atoms. The zero-order valence-electron chi connectivity index (χ0n) is 9.44. The zero-order valence-corrected chi connectivity index (χ0v) is 9.44. The standard InChI is InChI=1S/C13H16N2O/c1-2-3-7-15-12-6-4-5-11(8-12)13-9-14-10-16-13/h4-6,8-10,15H,2-3,7H2,1H3. The van der Waals surface area contributed by atoms with Crippen molar-refractivity contribution < 1.29 is 4.42 Å². The van der Waals surface area contributed by atoms with E-state index < -0.39 is 0 Å². The minimum absolute atomic E-state index is 0.805. The molecule has 1 heterocycles. The van der Waals surface area contributed by atoms with Crippen LogP contribution in [0.2, 0.25) is 0 Å². The highest BCUT2D eigenvalue weighted by Crippen LogP contribution is 2.21. The summed E-state index contributed by atoms with van der Waals surface area (Å²) < 4.78 is 5.26. The van der Waals surface area contributed by atoms with Gasteiger partial charge in [0.05, 0.1) is 6.20 Å². The predicted molar refractivity (Wildman–Crippen MR) is 65.3 cm³/mol. The highest BCUT2D eigenvalue weighted by Gasteiger charge is 2.01. The molecule has 0 radical (unpaired) electrons. The minimum Gasteiger partial charge on any atom is -0.444 e. The van der Waals surface area contributed by atoms with Gasteiger partial charge >= 0.3 is 0 Å². The van der Waals surface area contributed by atoms with E-state index in [9.17, 15) is 0 Å². The first-order valence-electron chi connectivity index (χ1n) is 5.63. The average molecular weight is 216 g/mol. The molecule has 16 heavy (non-hydrogen) atoms. The van der Waals surface area contributed by atoms with E-state index in [2.05, 4.69) is 29.4 Å². The summed E-state index contributed by atoms with van der Waals surface area (Å²) in [6.07, 6.45) is 5.57. The van der Waals surface area contributed by atoms with Crippen LogP contribution in [0.4, 0.5) is 5.69 Å². The van der Waals surface area contributed by atoms with Crippen molar-refractivity contribution >= 4 is 5.69 Å². The Balaban J connectivity index is 2.08. The van der Waals surface area contributed by atoms with Crippen LogP contribution >= 0.6 is 0 Å². The lowest BCUT2D eigenvalue weighted by molar-refractivity contribution is 0.572. The maximum atomic E-state index is 5.26. The molecule has 0 saturated carbocycles. The van der Waals surface area contributed by atoms with Gasteiger partial charge in [0.2, 0.25) is 0 Å². The Morgan fingerprint density at radius 2 is 2.31 bits per heavy atom. The number of oxazole rings is 1. The fourth-order valence-corrected chi connectivity index (χ4v) is 1.55. The van der Waals surface area contributed by atoms with Crippen molar-refractivity contribution in [3.05, 3.63) is 36.9 Å². The molecule has 0 fully saturated rings. The Bertz CT molecular complexity index is 423. The van der Waals surface area contributed by atoms with Crippen LogP contribution in [0.5, 0.6) is 0 Å². The molecule has 0 bridgehead atoms. The van der Waals surface area contributed by atoms with Crippen LogP contribution in [0.25, 0.3) is 11.3 Å². The Morgan fingerprint density at radius 3 is 3.06 bits per heavy atom. The van der Waals surface area contributed by atoms with Crippen LogP contribution in [-0.4, -0.2) is 11.5 Å². The molecular formula is C13H16N2O. The second-order valence-electron chi connectivity index (χ2n) is 3.73. The van der Waals surface area contributed by atoms with Crippen molar-refractivity contribution in [3.8, 4) is 11.3 Å². The van der Waals surface area contributed by atoms with Crippen LogP contribution in [-0.2, 0) is 0 Å². The fraction of sp³-hybridized carbons (Fsp3) is 0.308. The van der Waals surface area contributed by atoms with Gasteiger partial charge in [0.25, 0.3) is 0 Å². The third-order valence-electron chi connectivity index (χ3n) is 2.44. The minimum atomic E-state index is 0.805. The van der Waals surface area contributed by atoms with Gasteiger partial charge in [0.15, 0.2) is 12.2 Å². The molecule has 0 amide bonds. The molecule has 0 aliphatic carbocycles. The zero-order chi connectivity index (χ0) is 11.2. The smallest absolute Gasteiger partial charge is 0.181 e. The summed E-state index contributed by atoms with van der Waals surface area (Å²) in [4.78, 5) is 3.92. The van der Waals surface area contributed by atoms with E-state index in [4.69, 9.17) is 4.42 Å². The van der Waals surface area contributed by atoms with Crippen molar-refractivity contribution in [1.82, 2.24) is 4.98 Å². The molecule has 0 saturated heterocycles. The number of nitrogens with zero attached hydrogens (tertiary/aromatic N) is 1. The number of rotatable bonds is 5. The number of anilines is 1. The van der Waals surface area contributed by atoms with Gasteiger partial charge in [-0.15, -0.1) is 0 Å². The van der Waals surface area contributed by atoms with Crippen molar-refractivity contribution in [3.63, 3.8) is 0 Å². The molecule has 1 aromatic carbocycles. The monoisotopic (exact) mass is 216 g/mol. The van der Waals surface area contributed by atoms with E-state index in [1.54, 1.807) is 6.20 Å². The Labute approximate surface area is 95.5 Å². The molecule has 1 N–H and O–H groups in total. The Hall–Kier alpha value is -1.77. The average Bonchev–Trinajstić information content (AvgIpc) is 2.83. The van der Waals surface area contributed by atoms with Crippen LogP contribution in [0, 0.1) is 0 Å². The lowest BCUT2D eigenvalue weighted by Crippen LogP contribution is -2.00. The third kappa shape index (κ3) is 2.63. The Kier molecular flexibility index (Phi) is 3.59. The van der Waals surface area contributed by atoms with E-state index in [0.29, 0.717) is 0 Å². The van der Waals surface area contributed by atoms with E-state index in [1.807, 2.05) is 12.1 Å². The van der Waals surface area contributed by atoms with Gasteiger partial charge in [-0.2, -0.15) is 0 Å². The molecule has 3 nitrogen and oxygen atoms in total. The van der Waals surface area contributed by atoms with E-state index in [1.165, 1.54) is 19.2 Å². The summed E-state index contributed by atoms with van der Waals surface area (Å²) in [6, 6.07) is 8.18. The van der Waals surface area contributed by atoms with Crippen LogP contribution < -0.4 is 5.32 Å². The third-order valence-corrected chi connectivity index (χ3v) is 2.44. The van der Waals surface area contributed by atoms with Crippen LogP contribution in [0.3, 0.4) is 0 Å². The van der Waals surface area contributed by atoms with E-state index in [0.717, 1.165) is 23.6 Å². The van der Waals surface area contributed by atoms with Crippen molar-refractivity contribution in [2.75, 3.05) is 11.9 Å². The van der Waals surface area contributed by atoms with Crippen LogP contribution in [0.1, 0.15) is 19.8 Å². The number of aromatic nitrogens is 1. The normalized spacial score (nSPS) is 10.3. The largest absolute Gasteiger partial charge is 0.444 e. The van der Waals surface area contributed by atoms with Gasteiger partial charge in [-0.1, -0.05) is 25.5 Å². The first-order valence-corrected chi connectivity index (χ1v) is 5.63. The summed E-state index contributed by atoms with van der Waals surface area (Å²) >= 11 is 0. The number of nitrogens with one attached hydrogen (secondary N) is 1. The summed E-state index contributed by atoms with van der Waals surface area (Å²) in [5.74, 6) is 0.805. The maximum absolute atomic E-state index is 5.26. The summed E-state index contributed by atoms with van der Waals surface area (Å²) in [6.45, 7) is 3.20. The molecule has 0 atom stereocenters. The molecule has 3 heteroatoms. The molecule has 2 rings (SSSR count). The van der Waals surface area contributed by atoms with Gasteiger partial charge in [-0.3, -0.25) is 0 Å². The highest BCUT2D eigenvalue weighted by atomic mass is 16.3. The SMILES string of the molecule is CCCCNc1cccc(-c2cnco2)c1. The maximum Gasteiger partial charge on any atom is 0.181 e. The molecule has 0 unspecified atom stereocenters. The highest BCUT2D eigenvalue weighted by molar-refractivity contribution is 5.63. The van der Waals surface area contributed by atoms with Crippen molar-refractivity contribution in [1.29, 1.82) is 0 Å². The lowest BCUT2D eigenvalue weighted by atomic mass is 10.1. The molecule has 84 valence electrons. The summed E-state index contributed by atoms with van der Waals surface area (Å²) in [5.41, 5.74) is 2.18. The Morgan fingerprint density at radius 1 is 1.38 bits per heavy atom. The van der Waals surface area contributed by atoms with Gasteiger partial charge in [0, 0.05) is 17.8 Å². The topological polar surface area (TPSA) is 38.1 Å². The van der Waals surface area contributed by atoms with Crippen molar-refractivity contribution in [2.24, 2.45) is 0 Å².